The van der Waals surface area contributed by atoms with Gasteiger partial charge in [0.15, 0.2) is 5.82 Å². The van der Waals surface area contributed by atoms with Gasteiger partial charge < -0.3 is 10.3 Å². The van der Waals surface area contributed by atoms with Crippen molar-refractivity contribution in [2.75, 3.05) is 6.54 Å². The molecule has 0 spiro atoms. The molecule has 1 heterocycles. The molecule has 1 aromatic carbocycles. The highest BCUT2D eigenvalue weighted by Crippen LogP contribution is 2.30. The van der Waals surface area contributed by atoms with E-state index in [1.54, 1.807) is 0 Å². The van der Waals surface area contributed by atoms with Crippen LogP contribution in [0.3, 0.4) is 0 Å². The third-order valence-electron chi connectivity index (χ3n) is 3.55. The molecular formula is C14H17N3O. The second kappa shape index (κ2) is 4.90. The van der Waals surface area contributed by atoms with Gasteiger partial charge in [0.25, 0.3) is 0 Å². The van der Waals surface area contributed by atoms with E-state index in [4.69, 9.17) is 10.3 Å². The summed E-state index contributed by atoms with van der Waals surface area (Å²) in [5.41, 5.74) is 8.36. The van der Waals surface area contributed by atoms with E-state index in [9.17, 15) is 0 Å². The average molecular weight is 243 g/mol. The Kier molecular flexibility index (Phi) is 3.11. The molecule has 1 atom stereocenters. The number of fused-ring (bicyclic) bond motifs is 1. The van der Waals surface area contributed by atoms with Crippen LogP contribution in [0.15, 0.2) is 28.8 Å². The number of nitrogens with zero attached hydrogens (tertiary/aromatic N) is 2. The van der Waals surface area contributed by atoms with Crippen LogP contribution in [0.4, 0.5) is 0 Å². The molecule has 2 aromatic rings. The van der Waals surface area contributed by atoms with E-state index in [-0.39, 0.29) is 0 Å². The van der Waals surface area contributed by atoms with Crippen molar-refractivity contribution in [3.63, 3.8) is 0 Å². The standard InChI is InChI=1S/C14H17N3O/c15-8-7-13-16-14(17-18-13)12-6-5-10-3-1-2-4-11(10)9-12/h1-4,12H,5-9,15H2. The Labute approximate surface area is 106 Å². The van der Waals surface area contributed by atoms with Crippen LogP contribution in [0.1, 0.15) is 35.2 Å². The number of rotatable bonds is 3. The summed E-state index contributed by atoms with van der Waals surface area (Å²) in [4.78, 5) is 4.44. The second-order valence-corrected chi connectivity index (χ2v) is 4.79. The predicted molar refractivity (Wildman–Crippen MR) is 68.3 cm³/mol. The Morgan fingerprint density at radius 3 is 2.94 bits per heavy atom. The summed E-state index contributed by atoms with van der Waals surface area (Å²) in [6.45, 7) is 0.551. The fourth-order valence-corrected chi connectivity index (χ4v) is 2.58. The maximum absolute atomic E-state index is 5.48. The van der Waals surface area contributed by atoms with Crippen LogP contribution in [0, 0.1) is 0 Å². The van der Waals surface area contributed by atoms with Gasteiger partial charge in [0.2, 0.25) is 5.89 Å². The molecule has 0 bridgehead atoms. The van der Waals surface area contributed by atoms with E-state index in [0.29, 0.717) is 24.8 Å². The largest absolute Gasteiger partial charge is 0.339 e. The van der Waals surface area contributed by atoms with Gasteiger partial charge in [-0.2, -0.15) is 4.98 Å². The molecule has 0 radical (unpaired) electrons. The van der Waals surface area contributed by atoms with Crippen LogP contribution < -0.4 is 5.73 Å². The zero-order valence-corrected chi connectivity index (χ0v) is 10.3. The van der Waals surface area contributed by atoms with Crippen molar-refractivity contribution >= 4 is 0 Å². The van der Waals surface area contributed by atoms with E-state index < -0.39 is 0 Å². The second-order valence-electron chi connectivity index (χ2n) is 4.79. The van der Waals surface area contributed by atoms with E-state index in [0.717, 1.165) is 25.1 Å². The Bertz CT molecular complexity index is 535. The maximum atomic E-state index is 5.48. The molecule has 1 unspecified atom stereocenters. The summed E-state index contributed by atoms with van der Waals surface area (Å²) in [5, 5.41) is 4.09. The third kappa shape index (κ3) is 2.16. The summed E-state index contributed by atoms with van der Waals surface area (Å²) in [6.07, 6.45) is 3.87. The van der Waals surface area contributed by atoms with Gasteiger partial charge in [-0.25, -0.2) is 0 Å². The lowest BCUT2D eigenvalue weighted by atomic mass is 9.83. The molecular weight excluding hydrogens is 226 g/mol. The molecule has 1 aliphatic carbocycles. The van der Waals surface area contributed by atoms with Crippen molar-refractivity contribution in [2.45, 2.75) is 31.6 Å². The van der Waals surface area contributed by atoms with Crippen molar-refractivity contribution in [3.8, 4) is 0 Å². The van der Waals surface area contributed by atoms with Gasteiger partial charge in [-0.1, -0.05) is 29.4 Å². The minimum Gasteiger partial charge on any atom is -0.339 e. The molecule has 1 aromatic heterocycles. The molecule has 0 saturated heterocycles. The van der Waals surface area contributed by atoms with E-state index in [1.807, 2.05) is 0 Å². The molecule has 1 aliphatic rings. The van der Waals surface area contributed by atoms with Gasteiger partial charge in [-0.3, -0.25) is 0 Å². The summed E-state index contributed by atoms with van der Waals surface area (Å²) < 4.78 is 5.21. The first kappa shape index (κ1) is 11.4. The minimum absolute atomic E-state index is 0.384. The Hall–Kier alpha value is -1.68. The van der Waals surface area contributed by atoms with Crippen LogP contribution >= 0.6 is 0 Å². The molecule has 4 nitrogen and oxygen atoms in total. The lowest BCUT2D eigenvalue weighted by Crippen LogP contribution is -2.14. The van der Waals surface area contributed by atoms with Gasteiger partial charge in [0, 0.05) is 18.9 Å². The SMILES string of the molecule is NCCc1nc(C2CCc3ccccc3C2)no1. The number of nitrogens with two attached hydrogens (primary N) is 1. The molecule has 18 heavy (non-hydrogen) atoms. The number of aromatic nitrogens is 2. The normalized spacial score (nSPS) is 18.6. The Morgan fingerprint density at radius 1 is 1.28 bits per heavy atom. The van der Waals surface area contributed by atoms with Gasteiger partial charge in [0.1, 0.15) is 0 Å². The molecule has 94 valence electrons. The summed E-state index contributed by atoms with van der Waals surface area (Å²) in [7, 11) is 0. The van der Waals surface area contributed by atoms with Crippen molar-refractivity contribution in [3.05, 3.63) is 47.1 Å². The lowest BCUT2D eigenvalue weighted by Gasteiger charge is -2.21. The number of benzene rings is 1. The van der Waals surface area contributed by atoms with Gasteiger partial charge >= 0.3 is 0 Å². The Morgan fingerprint density at radius 2 is 2.11 bits per heavy atom. The number of hydrogen-bond donors (Lipinski definition) is 1. The third-order valence-corrected chi connectivity index (χ3v) is 3.55. The van der Waals surface area contributed by atoms with E-state index >= 15 is 0 Å². The van der Waals surface area contributed by atoms with Crippen LogP contribution in [-0.2, 0) is 19.3 Å². The lowest BCUT2D eigenvalue weighted by molar-refractivity contribution is 0.368. The zero-order chi connectivity index (χ0) is 12.4. The van der Waals surface area contributed by atoms with E-state index in [1.165, 1.54) is 11.1 Å². The van der Waals surface area contributed by atoms with E-state index in [2.05, 4.69) is 34.4 Å². The van der Waals surface area contributed by atoms with Crippen molar-refractivity contribution < 1.29 is 4.52 Å². The monoisotopic (exact) mass is 243 g/mol. The maximum Gasteiger partial charge on any atom is 0.227 e. The molecule has 4 heteroatoms. The van der Waals surface area contributed by atoms with Gasteiger partial charge in [-0.05, 0) is 30.4 Å². The fraction of sp³-hybridized carbons (Fsp3) is 0.429. The molecule has 0 fully saturated rings. The zero-order valence-electron chi connectivity index (χ0n) is 10.3. The first-order valence-corrected chi connectivity index (χ1v) is 6.46. The van der Waals surface area contributed by atoms with Crippen molar-refractivity contribution in [1.82, 2.24) is 10.1 Å². The van der Waals surface area contributed by atoms with Gasteiger partial charge in [0.05, 0.1) is 0 Å². The smallest absolute Gasteiger partial charge is 0.227 e. The van der Waals surface area contributed by atoms with Crippen LogP contribution in [0.5, 0.6) is 0 Å². The summed E-state index contributed by atoms with van der Waals surface area (Å²) >= 11 is 0. The molecule has 0 saturated carbocycles. The van der Waals surface area contributed by atoms with Crippen LogP contribution in [0.25, 0.3) is 0 Å². The highest BCUT2D eigenvalue weighted by atomic mass is 16.5. The highest BCUT2D eigenvalue weighted by Gasteiger charge is 2.23. The molecule has 0 amide bonds. The van der Waals surface area contributed by atoms with Crippen LogP contribution in [-0.4, -0.2) is 16.7 Å². The van der Waals surface area contributed by atoms with Crippen molar-refractivity contribution in [2.24, 2.45) is 5.73 Å². The summed E-state index contributed by atoms with van der Waals surface area (Å²) in [6, 6.07) is 8.61. The highest BCUT2D eigenvalue weighted by molar-refractivity contribution is 5.31. The predicted octanol–water partition coefficient (Wildman–Crippen LogP) is 1.84. The topological polar surface area (TPSA) is 64.9 Å². The Balaban J connectivity index is 1.78. The summed E-state index contributed by atoms with van der Waals surface area (Å²) in [5.74, 6) is 1.88. The number of hydrogen-bond acceptors (Lipinski definition) is 4. The number of aryl methyl sites for hydroxylation is 1. The molecule has 3 rings (SSSR count). The fourth-order valence-electron chi connectivity index (χ4n) is 2.58. The van der Waals surface area contributed by atoms with Gasteiger partial charge in [-0.15, -0.1) is 0 Å². The average Bonchev–Trinajstić information content (AvgIpc) is 2.87. The first-order valence-electron chi connectivity index (χ1n) is 6.46. The first-order chi connectivity index (χ1) is 8.86. The molecule has 0 aliphatic heterocycles. The minimum atomic E-state index is 0.384. The molecule has 2 N–H and O–H groups in total. The van der Waals surface area contributed by atoms with Crippen molar-refractivity contribution in [1.29, 1.82) is 0 Å². The quantitative estimate of drug-likeness (QED) is 0.893. The van der Waals surface area contributed by atoms with Crippen LogP contribution in [0.2, 0.25) is 0 Å².